The van der Waals surface area contributed by atoms with Crippen LogP contribution in [0, 0.1) is 0 Å². The number of ether oxygens (including phenoxy) is 1. The average Bonchev–Trinajstić information content (AvgIpc) is 2.11. The molecule has 0 N–H and O–H groups in total. The molecule has 5 heteroatoms. The first-order valence-electron chi connectivity index (χ1n) is 3.44. The predicted molar refractivity (Wildman–Crippen MR) is 45.0 cm³/mol. The number of esters is 1. The van der Waals surface area contributed by atoms with Crippen LogP contribution in [0.5, 0.6) is 0 Å². The van der Waals surface area contributed by atoms with Crippen LogP contribution in [0.3, 0.4) is 0 Å². The van der Waals surface area contributed by atoms with Crippen LogP contribution in [0.15, 0.2) is 12.2 Å². The highest BCUT2D eigenvalue weighted by Crippen LogP contribution is 2.04. The normalized spacial score (nSPS) is 8.75. The minimum absolute atomic E-state index is 0.157. The minimum atomic E-state index is -0.487. The first-order chi connectivity index (χ1) is 5.61. The molecule has 0 aliphatic rings. The van der Waals surface area contributed by atoms with Gasteiger partial charge in [-0.15, -0.1) is 0 Å². The molecule has 0 aliphatic carbocycles. The first-order valence-corrected chi connectivity index (χ1v) is 3.44. The quantitative estimate of drug-likeness (QED) is 0.327. The van der Waals surface area contributed by atoms with E-state index in [0.29, 0.717) is 0 Å². The zero-order chi connectivity index (χ0) is 9.56. The van der Waals surface area contributed by atoms with Gasteiger partial charge in [-0.25, -0.2) is 4.79 Å². The van der Waals surface area contributed by atoms with Gasteiger partial charge in [0.25, 0.3) is 5.97 Å². The molecule has 0 unspecified atom stereocenters. The van der Waals surface area contributed by atoms with Crippen LogP contribution in [0.4, 0.5) is 0 Å². The van der Waals surface area contributed by atoms with Crippen LogP contribution in [-0.2, 0) is 19.0 Å². The highest BCUT2D eigenvalue weighted by atomic mass is 16.5. The molecule has 0 saturated carbocycles. The standard InChI is InChI=1S/C7H11BO4/c1-5(7(10)11-2)3-4-6(9)12-8/h1,3-4,8H2,2H3. The summed E-state index contributed by atoms with van der Waals surface area (Å²) in [5, 5.41) is 0. The highest BCUT2D eigenvalue weighted by molar-refractivity contribution is 6.05. The molecule has 0 radical (unpaired) electrons. The fourth-order valence-electron chi connectivity index (χ4n) is 0.601. The molecule has 0 rings (SSSR count). The predicted octanol–water partition coefficient (Wildman–Crippen LogP) is -0.413. The molecule has 4 nitrogen and oxygen atoms in total. The van der Waals surface area contributed by atoms with Crippen molar-refractivity contribution in [1.82, 2.24) is 0 Å². The lowest BCUT2D eigenvalue weighted by Gasteiger charge is -2.01. The fraction of sp³-hybridized carbons (Fsp3) is 0.429. The number of hydrogen-bond acceptors (Lipinski definition) is 4. The molecule has 0 aliphatic heterocycles. The SMILES string of the molecule is BOC(=O)CCC(=C)C(=O)OC. The van der Waals surface area contributed by atoms with Gasteiger partial charge < -0.3 is 9.39 Å². The van der Waals surface area contributed by atoms with Gasteiger partial charge in [0, 0.05) is 12.0 Å². The van der Waals surface area contributed by atoms with E-state index >= 15 is 0 Å². The molecule has 0 aromatic carbocycles. The lowest BCUT2D eigenvalue weighted by atomic mass is 10.2. The van der Waals surface area contributed by atoms with Crippen molar-refractivity contribution in [3.05, 3.63) is 12.2 Å². The second-order valence-corrected chi connectivity index (χ2v) is 2.17. The maximum Gasteiger partial charge on any atom is 0.333 e. The van der Waals surface area contributed by atoms with Crippen molar-refractivity contribution in [2.75, 3.05) is 7.11 Å². The molecule has 0 heterocycles. The van der Waals surface area contributed by atoms with E-state index < -0.39 is 5.97 Å². The van der Waals surface area contributed by atoms with E-state index in [1.165, 1.54) is 15.2 Å². The smallest absolute Gasteiger partial charge is 0.333 e. The summed E-state index contributed by atoms with van der Waals surface area (Å²) in [4.78, 5) is 21.4. The van der Waals surface area contributed by atoms with Crippen molar-refractivity contribution in [2.24, 2.45) is 0 Å². The van der Waals surface area contributed by atoms with E-state index in [1.807, 2.05) is 0 Å². The third-order valence-electron chi connectivity index (χ3n) is 1.33. The van der Waals surface area contributed by atoms with Crippen molar-refractivity contribution in [3.8, 4) is 0 Å². The first kappa shape index (κ1) is 10.7. The van der Waals surface area contributed by atoms with E-state index in [1.54, 1.807) is 0 Å². The number of methoxy groups -OCH3 is 1. The molecule has 0 amide bonds. The topological polar surface area (TPSA) is 52.6 Å². The molecule has 0 saturated heterocycles. The molecular formula is C7H11BO4. The minimum Gasteiger partial charge on any atom is -0.543 e. The Hall–Kier alpha value is -1.26. The van der Waals surface area contributed by atoms with Gasteiger partial charge >= 0.3 is 14.0 Å². The molecule has 0 bridgehead atoms. The Labute approximate surface area is 72.0 Å². The number of carbonyl (C=O) groups excluding carboxylic acids is 2. The molecule has 12 heavy (non-hydrogen) atoms. The number of carbonyl (C=O) groups is 2. The van der Waals surface area contributed by atoms with Gasteiger partial charge in [0.1, 0.15) is 0 Å². The molecule has 0 atom stereocenters. The van der Waals surface area contributed by atoms with E-state index in [4.69, 9.17) is 0 Å². The third kappa shape index (κ3) is 3.80. The molecule has 0 aromatic rings. The van der Waals surface area contributed by atoms with Gasteiger partial charge in [0.15, 0.2) is 0 Å². The molecule has 0 fully saturated rings. The third-order valence-corrected chi connectivity index (χ3v) is 1.33. The Balaban J connectivity index is 3.72. The van der Waals surface area contributed by atoms with Gasteiger partial charge in [0.2, 0.25) is 0 Å². The summed E-state index contributed by atoms with van der Waals surface area (Å²) in [5.41, 5.74) is 0.280. The largest absolute Gasteiger partial charge is 0.543 e. The summed E-state index contributed by atoms with van der Waals surface area (Å²) in [7, 11) is 2.56. The van der Waals surface area contributed by atoms with Gasteiger partial charge in [-0.1, -0.05) is 6.58 Å². The van der Waals surface area contributed by atoms with Crippen LogP contribution >= 0.6 is 0 Å². The second-order valence-electron chi connectivity index (χ2n) is 2.17. The summed E-state index contributed by atoms with van der Waals surface area (Å²) in [6.45, 7) is 3.45. The molecule has 66 valence electrons. The van der Waals surface area contributed by atoms with Crippen molar-refractivity contribution >= 4 is 20.0 Å². The number of rotatable bonds is 4. The van der Waals surface area contributed by atoms with Crippen molar-refractivity contribution in [3.63, 3.8) is 0 Å². The van der Waals surface area contributed by atoms with Gasteiger partial charge in [-0.05, 0) is 6.42 Å². The summed E-state index contributed by atoms with van der Waals surface area (Å²) in [6.07, 6.45) is 0.434. The Morgan fingerprint density at radius 1 is 1.42 bits per heavy atom. The van der Waals surface area contributed by atoms with Crippen molar-refractivity contribution in [2.45, 2.75) is 12.8 Å². The van der Waals surface area contributed by atoms with Crippen LogP contribution < -0.4 is 0 Å². The van der Waals surface area contributed by atoms with E-state index in [2.05, 4.69) is 16.0 Å². The zero-order valence-electron chi connectivity index (χ0n) is 7.25. The van der Waals surface area contributed by atoms with Gasteiger partial charge in [-0.3, -0.25) is 4.79 Å². The van der Waals surface area contributed by atoms with Crippen LogP contribution in [0.2, 0.25) is 0 Å². The highest BCUT2D eigenvalue weighted by Gasteiger charge is 2.08. The number of hydrogen-bond donors (Lipinski definition) is 0. The summed E-state index contributed by atoms with van der Waals surface area (Å²) in [6, 6.07) is 0. The Kier molecular flexibility index (Phi) is 4.84. The lowest BCUT2D eigenvalue weighted by Crippen LogP contribution is -2.07. The molecule has 0 spiro atoms. The fourth-order valence-corrected chi connectivity index (χ4v) is 0.601. The second kappa shape index (κ2) is 5.40. The molecular weight excluding hydrogens is 159 g/mol. The Bertz CT molecular complexity index is 200. The monoisotopic (exact) mass is 170 g/mol. The Morgan fingerprint density at radius 3 is 2.42 bits per heavy atom. The lowest BCUT2D eigenvalue weighted by molar-refractivity contribution is -0.136. The summed E-state index contributed by atoms with van der Waals surface area (Å²) < 4.78 is 8.77. The van der Waals surface area contributed by atoms with E-state index in [-0.39, 0.29) is 24.4 Å². The van der Waals surface area contributed by atoms with Crippen molar-refractivity contribution < 1.29 is 19.0 Å². The van der Waals surface area contributed by atoms with Crippen LogP contribution in [0.1, 0.15) is 12.8 Å². The maximum absolute atomic E-state index is 10.7. The summed E-state index contributed by atoms with van der Waals surface area (Å²) in [5.74, 6) is -0.848. The van der Waals surface area contributed by atoms with Crippen LogP contribution in [0.25, 0.3) is 0 Å². The molecule has 0 aromatic heterocycles. The average molecular weight is 170 g/mol. The summed E-state index contributed by atoms with van der Waals surface area (Å²) >= 11 is 0. The van der Waals surface area contributed by atoms with Crippen LogP contribution in [-0.4, -0.2) is 27.1 Å². The zero-order valence-corrected chi connectivity index (χ0v) is 7.25. The maximum atomic E-state index is 10.7. The van der Waals surface area contributed by atoms with E-state index in [9.17, 15) is 9.59 Å². The Morgan fingerprint density at radius 2 is 2.00 bits per heavy atom. The van der Waals surface area contributed by atoms with Crippen molar-refractivity contribution in [1.29, 1.82) is 0 Å². The van der Waals surface area contributed by atoms with Gasteiger partial charge in [0.05, 0.1) is 7.11 Å². The van der Waals surface area contributed by atoms with E-state index in [0.717, 1.165) is 0 Å². The van der Waals surface area contributed by atoms with Gasteiger partial charge in [-0.2, -0.15) is 0 Å².